The van der Waals surface area contributed by atoms with Gasteiger partial charge in [0.1, 0.15) is 0 Å². The maximum absolute atomic E-state index is 11.2. The highest BCUT2D eigenvalue weighted by Gasteiger charge is 2.20. The molecule has 0 amide bonds. The number of nitrogens with two attached hydrogens (primary N) is 1. The number of nitrogen functional groups attached to an aromatic ring is 1. The van der Waals surface area contributed by atoms with Crippen molar-refractivity contribution in [3.05, 3.63) is 36.0 Å². The second-order valence-electron chi connectivity index (χ2n) is 5.90. The van der Waals surface area contributed by atoms with Crippen LogP contribution in [0, 0.1) is 0 Å². The van der Waals surface area contributed by atoms with Crippen LogP contribution in [0.4, 0.5) is 11.6 Å². The van der Waals surface area contributed by atoms with Crippen molar-refractivity contribution in [3.8, 4) is 11.3 Å². The van der Waals surface area contributed by atoms with E-state index in [0.29, 0.717) is 29.4 Å². The molecule has 1 aliphatic heterocycles. The number of piperazine rings is 1. The molecule has 0 spiro atoms. The van der Waals surface area contributed by atoms with Crippen molar-refractivity contribution in [2.75, 3.05) is 50.0 Å². The largest absolute Gasteiger partial charge is 0.478 e. The number of aliphatic hydroxyl groups excluding tert-OH is 1. The van der Waals surface area contributed by atoms with E-state index >= 15 is 0 Å². The molecular formula is C17H21N5O3. The van der Waals surface area contributed by atoms with Gasteiger partial charge >= 0.3 is 5.97 Å². The second kappa shape index (κ2) is 7.45. The number of carbonyl (C=O) groups is 1. The van der Waals surface area contributed by atoms with Gasteiger partial charge in [-0.15, -0.1) is 0 Å². The van der Waals surface area contributed by atoms with Crippen LogP contribution in [0.15, 0.2) is 30.5 Å². The highest BCUT2D eigenvalue weighted by Crippen LogP contribution is 2.25. The van der Waals surface area contributed by atoms with Gasteiger partial charge in [-0.1, -0.05) is 12.1 Å². The molecule has 4 N–H and O–H groups in total. The minimum atomic E-state index is -0.981. The molecule has 1 saturated heterocycles. The van der Waals surface area contributed by atoms with Gasteiger partial charge in [0, 0.05) is 38.3 Å². The van der Waals surface area contributed by atoms with Crippen LogP contribution in [-0.2, 0) is 0 Å². The Balaban J connectivity index is 1.84. The number of rotatable bonds is 5. The number of aromatic carboxylic acids is 1. The van der Waals surface area contributed by atoms with Crippen LogP contribution in [0.25, 0.3) is 11.3 Å². The number of benzene rings is 1. The summed E-state index contributed by atoms with van der Waals surface area (Å²) < 4.78 is 0. The predicted molar refractivity (Wildman–Crippen MR) is 94.6 cm³/mol. The molecule has 0 bridgehead atoms. The monoisotopic (exact) mass is 343 g/mol. The van der Waals surface area contributed by atoms with Gasteiger partial charge in [-0.3, -0.25) is 4.90 Å². The summed E-state index contributed by atoms with van der Waals surface area (Å²) in [6.07, 6.45) is 1.56. The summed E-state index contributed by atoms with van der Waals surface area (Å²) in [6, 6.07) is 6.60. The van der Waals surface area contributed by atoms with Gasteiger partial charge in [0.15, 0.2) is 11.6 Å². The molecule has 0 unspecified atom stereocenters. The highest BCUT2D eigenvalue weighted by molar-refractivity contribution is 5.89. The average molecular weight is 343 g/mol. The average Bonchev–Trinajstić information content (AvgIpc) is 2.63. The van der Waals surface area contributed by atoms with Gasteiger partial charge in [-0.05, 0) is 12.1 Å². The van der Waals surface area contributed by atoms with Gasteiger partial charge in [0.05, 0.1) is 24.1 Å². The molecule has 1 aromatic heterocycles. The van der Waals surface area contributed by atoms with Crippen LogP contribution in [0.5, 0.6) is 0 Å². The molecule has 0 radical (unpaired) electrons. The molecule has 1 fully saturated rings. The Kier molecular flexibility index (Phi) is 5.11. The zero-order valence-electron chi connectivity index (χ0n) is 13.8. The fraction of sp³-hybridized carbons (Fsp3) is 0.353. The molecule has 2 heterocycles. The van der Waals surface area contributed by atoms with Crippen molar-refractivity contribution < 1.29 is 15.0 Å². The summed E-state index contributed by atoms with van der Waals surface area (Å²) in [5.74, 6) is -0.0129. The van der Waals surface area contributed by atoms with Crippen LogP contribution in [0.3, 0.4) is 0 Å². The lowest BCUT2D eigenvalue weighted by Crippen LogP contribution is -2.47. The van der Waals surface area contributed by atoms with Crippen molar-refractivity contribution in [3.63, 3.8) is 0 Å². The number of aliphatic hydroxyl groups is 1. The second-order valence-corrected chi connectivity index (χ2v) is 5.90. The fourth-order valence-electron chi connectivity index (χ4n) is 2.90. The maximum Gasteiger partial charge on any atom is 0.335 e. The summed E-state index contributed by atoms with van der Waals surface area (Å²) in [5, 5.41) is 18.2. The topological polar surface area (TPSA) is 116 Å². The Morgan fingerprint density at radius 3 is 2.68 bits per heavy atom. The van der Waals surface area contributed by atoms with Gasteiger partial charge in [0.25, 0.3) is 0 Å². The number of hydrogen-bond donors (Lipinski definition) is 3. The molecule has 132 valence electrons. The van der Waals surface area contributed by atoms with E-state index in [4.69, 9.17) is 15.9 Å². The van der Waals surface area contributed by atoms with E-state index in [1.54, 1.807) is 24.4 Å². The summed E-state index contributed by atoms with van der Waals surface area (Å²) in [4.78, 5) is 24.2. The minimum Gasteiger partial charge on any atom is -0.478 e. The number of carboxylic acid groups (broad SMARTS) is 1. The Labute approximate surface area is 145 Å². The molecule has 0 atom stereocenters. The molecule has 0 aliphatic carbocycles. The van der Waals surface area contributed by atoms with Crippen LogP contribution < -0.4 is 10.6 Å². The number of β-amino-alcohol motifs (C(OH)–C–C–N with tert-alkyl or cyclic N) is 1. The van der Waals surface area contributed by atoms with E-state index in [1.807, 2.05) is 0 Å². The molecular weight excluding hydrogens is 322 g/mol. The normalized spacial score (nSPS) is 15.3. The van der Waals surface area contributed by atoms with E-state index in [2.05, 4.69) is 19.8 Å². The SMILES string of the molecule is Nc1ncc(-c2cccc(C(=O)O)c2)nc1N1CCN(CCO)CC1. The number of aromatic nitrogens is 2. The van der Waals surface area contributed by atoms with Gasteiger partial charge < -0.3 is 20.8 Å². The first-order valence-corrected chi connectivity index (χ1v) is 8.13. The zero-order valence-corrected chi connectivity index (χ0v) is 13.8. The number of carboxylic acids is 1. The molecule has 25 heavy (non-hydrogen) atoms. The van der Waals surface area contributed by atoms with Crippen molar-refractivity contribution in [2.45, 2.75) is 0 Å². The van der Waals surface area contributed by atoms with E-state index in [0.717, 1.165) is 26.2 Å². The van der Waals surface area contributed by atoms with E-state index in [9.17, 15) is 4.79 Å². The highest BCUT2D eigenvalue weighted by atomic mass is 16.4. The van der Waals surface area contributed by atoms with Crippen molar-refractivity contribution in [1.29, 1.82) is 0 Å². The third kappa shape index (κ3) is 3.86. The Bertz CT molecular complexity index is 760. The minimum absolute atomic E-state index is 0.150. The summed E-state index contributed by atoms with van der Waals surface area (Å²) >= 11 is 0. The molecule has 1 aromatic carbocycles. The first-order valence-electron chi connectivity index (χ1n) is 8.13. The van der Waals surface area contributed by atoms with Gasteiger partial charge in [-0.25, -0.2) is 14.8 Å². The van der Waals surface area contributed by atoms with E-state index in [1.165, 1.54) is 6.07 Å². The van der Waals surface area contributed by atoms with Gasteiger partial charge in [0.2, 0.25) is 0 Å². The Morgan fingerprint density at radius 2 is 2.00 bits per heavy atom. The number of nitrogens with zero attached hydrogens (tertiary/aromatic N) is 4. The van der Waals surface area contributed by atoms with Crippen LogP contribution in [-0.4, -0.2) is 70.4 Å². The van der Waals surface area contributed by atoms with Gasteiger partial charge in [-0.2, -0.15) is 0 Å². The predicted octanol–water partition coefficient (Wildman–Crippen LogP) is 0.538. The lowest BCUT2D eigenvalue weighted by molar-refractivity contribution is 0.0697. The molecule has 8 nitrogen and oxygen atoms in total. The van der Waals surface area contributed by atoms with E-state index in [-0.39, 0.29) is 12.2 Å². The van der Waals surface area contributed by atoms with Crippen LogP contribution in [0.1, 0.15) is 10.4 Å². The fourth-order valence-corrected chi connectivity index (χ4v) is 2.90. The van der Waals surface area contributed by atoms with Crippen molar-refractivity contribution in [1.82, 2.24) is 14.9 Å². The standard InChI is InChI=1S/C17H21N5O3/c18-15-16(22-6-4-21(5-7-22)8-9-23)20-14(11-19-15)12-2-1-3-13(10-12)17(24)25/h1-3,10-11,23H,4-9H2,(H2,18,19)(H,24,25). The van der Waals surface area contributed by atoms with Crippen LogP contribution >= 0.6 is 0 Å². The van der Waals surface area contributed by atoms with Crippen LogP contribution in [0.2, 0.25) is 0 Å². The Morgan fingerprint density at radius 1 is 1.24 bits per heavy atom. The molecule has 3 rings (SSSR count). The maximum atomic E-state index is 11.2. The summed E-state index contributed by atoms with van der Waals surface area (Å²) in [7, 11) is 0. The third-order valence-corrected chi connectivity index (χ3v) is 4.27. The molecule has 8 heteroatoms. The first kappa shape index (κ1) is 17.1. The van der Waals surface area contributed by atoms with E-state index < -0.39 is 5.97 Å². The Hall–Kier alpha value is -2.71. The molecule has 0 saturated carbocycles. The third-order valence-electron chi connectivity index (χ3n) is 4.27. The number of hydrogen-bond acceptors (Lipinski definition) is 7. The smallest absolute Gasteiger partial charge is 0.335 e. The van der Waals surface area contributed by atoms with Crippen molar-refractivity contribution in [2.24, 2.45) is 0 Å². The quantitative estimate of drug-likeness (QED) is 0.720. The lowest BCUT2D eigenvalue weighted by atomic mass is 10.1. The first-order chi connectivity index (χ1) is 12.1. The number of anilines is 2. The summed E-state index contributed by atoms with van der Waals surface area (Å²) in [6.45, 7) is 3.95. The molecule has 2 aromatic rings. The zero-order chi connectivity index (χ0) is 17.8. The lowest BCUT2D eigenvalue weighted by Gasteiger charge is -2.35. The summed E-state index contributed by atoms with van der Waals surface area (Å²) in [5.41, 5.74) is 7.49. The molecule has 1 aliphatic rings. The van der Waals surface area contributed by atoms with Crippen molar-refractivity contribution >= 4 is 17.6 Å².